The monoisotopic (exact) mass is 369 g/mol. The van der Waals surface area contributed by atoms with E-state index in [-0.39, 0.29) is 11.6 Å². The Balaban J connectivity index is 1.77. The molecule has 0 amide bonds. The van der Waals surface area contributed by atoms with Crippen molar-refractivity contribution in [2.24, 2.45) is 0 Å². The minimum atomic E-state index is -0.161. The smallest absolute Gasteiger partial charge is 0.206 e. The highest BCUT2D eigenvalue weighted by Gasteiger charge is 2.18. The standard InChI is InChI=1S/C19H19N3O3S/c1-3-25-15-8-4-12(5-9-15)16(23)17-18(20)22-19(26-17)21-13-6-10-14(24-2)11-7-13/h4-11H,3,20H2,1-2H3,(H,21,22). The molecule has 6 nitrogen and oxygen atoms in total. The maximum absolute atomic E-state index is 12.7. The quantitative estimate of drug-likeness (QED) is 0.610. The number of carbonyl (C=O) groups excluding carboxylic acids is 1. The largest absolute Gasteiger partial charge is 0.497 e. The van der Waals surface area contributed by atoms with Crippen LogP contribution in [0.4, 0.5) is 16.6 Å². The molecule has 26 heavy (non-hydrogen) atoms. The number of thiazole rings is 1. The van der Waals surface area contributed by atoms with Crippen LogP contribution in [0.5, 0.6) is 11.5 Å². The number of rotatable bonds is 7. The number of ether oxygens (including phenoxy) is 2. The zero-order valence-electron chi connectivity index (χ0n) is 14.5. The van der Waals surface area contributed by atoms with E-state index in [0.29, 0.717) is 22.2 Å². The van der Waals surface area contributed by atoms with E-state index < -0.39 is 0 Å². The highest BCUT2D eigenvalue weighted by molar-refractivity contribution is 7.18. The second kappa shape index (κ2) is 7.88. The molecule has 3 rings (SSSR count). The summed E-state index contributed by atoms with van der Waals surface area (Å²) in [7, 11) is 1.61. The van der Waals surface area contributed by atoms with Crippen LogP contribution in [-0.4, -0.2) is 24.5 Å². The molecule has 0 fully saturated rings. The lowest BCUT2D eigenvalue weighted by atomic mass is 10.1. The van der Waals surface area contributed by atoms with Crippen molar-refractivity contribution in [2.75, 3.05) is 24.8 Å². The lowest BCUT2D eigenvalue weighted by Crippen LogP contribution is -2.02. The molecule has 0 bridgehead atoms. The molecular weight excluding hydrogens is 350 g/mol. The fraction of sp³-hybridized carbons (Fsp3) is 0.158. The summed E-state index contributed by atoms with van der Waals surface area (Å²) in [6, 6.07) is 14.4. The third-order valence-corrected chi connectivity index (χ3v) is 4.61. The number of nitrogens with zero attached hydrogens (tertiary/aromatic N) is 1. The number of carbonyl (C=O) groups is 1. The number of anilines is 3. The van der Waals surface area contributed by atoms with Crippen molar-refractivity contribution in [1.82, 2.24) is 4.98 Å². The maximum atomic E-state index is 12.7. The number of ketones is 1. The van der Waals surface area contributed by atoms with Gasteiger partial charge in [0.1, 0.15) is 22.2 Å². The lowest BCUT2D eigenvalue weighted by molar-refractivity contribution is 0.104. The van der Waals surface area contributed by atoms with Crippen LogP contribution in [-0.2, 0) is 0 Å². The molecule has 0 aliphatic rings. The highest BCUT2D eigenvalue weighted by atomic mass is 32.1. The van der Waals surface area contributed by atoms with Crippen molar-refractivity contribution < 1.29 is 14.3 Å². The van der Waals surface area contributed by atoms with Crippen LogP contribution >= 0.6 is 11.3 Å². The van der Waals surface area contributed by atoms with Crippen molar-refractivity contribution in [3.8, 4) is 11.5 Å². The topological polar surface area (TPSA) is 86.5 Å². The average molecular weight is 369 g/mol. The van der Waals surface area contributed by atoms with E-state index >= 15 is 0 Å². The molecule has 134 valence electrons. The Hall–Kier alpha value is -3.06. The molecule has 0 saturated heterocycles. The molecule has 0 atom stereocenters. The fourth-order valence-electron chi connectivity index (χ4n) is 2.35. The molecule has 0 aliphatic heterocycles. The number of aromatic nitrogens is 1. The number of hydrogen-bond acceptors (Lipinski definition) is 7. The van der Waals surface area contributed by atoms with Crippen LogP contribution < -0.4 is 20.5 Å². The summed E-state index contributed by atoms with van der Waals surface area (Å²) in [5.41, 5.74) is 7.32. The Morgan fingerprint density at radius 3 is 2.38 bits per heavy atom. The van der Waals surface area contributed by atoms with Crippen LogP contribution in [0.3, 0.4) is 0 Å². The molecule has 1 heterocycles. The van der Waals surface area contributed by atoms with E-state index in [0.717, 1.165) is 17.2 Å². The molecule has 1 aromatic heterocycles. The first kappa shape index (κ1) is 17.8. The van der Waals surface area contributed by atoms with Gasteiger partial charge in [-0.3, -0.25) is 4.79 Å². The molecule has 0 saturated carbocycles. The van der Waals surface area contributed by atoms with Gasteiger partial charge in [0.2, 0.25) is 5.78 Å². The summed E-state index contributed by atoms with van der Waals surface area (Å²) in [5.74, 6) is 1.54. The summed E-state index contributed by atoms with van der Waals surface area (Å²) in [6.07, 6.45) is 0. The van der Waals surface area contributed by atoms with E-state index in [1.807, 2.05) is 31.2 Å². The van der Waals surface area contributed by atoms with Gasteiger partial charge in [-0.1, -0.05) is 11.3 Å². The van der Waals surface area contributed by atoms with Gasteiger partial charge in [-0.2, -0.15) is 0 Å². The zero-order valence-corrected chi connectivity index (χ0v) is 15.3. The maximum Gasteiger partial charge on any atom is 0.206 e. The Kier molecular flexibility index (Phi) is 5.38. The molecule has 3 aromatic rings. The van der Waals surface area contributed by atoms with Gasteiger partial charge in [0.05, 0.1) is 13.7 Å². The normalized spacial score (nSPS) is 10.4. The molecule has 2 aromatic carbocycles. The minimum absolute atomic E-state index is 0.161. The van der Waals surface area contributed by atoms with Gasteiger partial charge in [0, 0.05) is 11.3 Å². The predicted octanol–water partition coefficient (Wildman–Crippen LogP) is 4.11. The van der Waals surface area contributed by atoms with Gasteiger partial charge < -0.3 is 20.5 Å². The van der Waals surface area contributed by atoms with E-state index in [2.05, 4.69) is 10.3 Å². The van der Waals surface area contributed by atoms with Gasteiger partial charge in [-0.25, -0.2) is 4.98 Å². The van der Waals surface area contributed by atoms with E-state index in [9.17, 15) is 4.79 Å². The first-order valence-corrected chi connectivity index (χ1v) is 8.87. The van der Waals surface area contributed by atoms with E-state index in [1.54, 1.807) is 31.4 Å². The summed E-state index contributed by atoms with van der Waals surface area (Å²) in [5, 5.41) is 3.71. The Morgan fingerprint density at radius 1 is 1.12 bits per heavy atom. The van der Waals surface area contributed by atoms with Crippen LogP contribution in [0.15, 0.2) is 48.5 Å². The number of benzene rings is 2. The first-order valence-electron chi connectivity index (χ1n) is 8.05. The SMILES string of the molecule is CCOc1ccc(C(=O)c2sc(Nc3ccc(OC)cc3)nc2N)cc1. The van der Waals surface area contributed by atoms with Crippen molar-refractivity contribution in [3.63, 3.8) is 0 Å². The summed E-state index contributed by atoms with van der Waals surface area (Å²) >= 11 is 1.22. The summed E-state index contributed by atoms with van der Waals surface area (Å²) in [4.78, 5) is 17.3. The molecule has 0 spiro atoms. The van der Waals surface area contributed by atoms with Crippen molar-refractivity contribution in [3.05, 3.63) is 59.0 Å². The van der Waals surface area contributed by atoms with E-state index in [4.69, 9.17) is 15.2 Å². The molecule has 3 N–H and O–H groups in total. The van der Waals surface area contributed by atoms with Gasteiger partial charge in [0.25, 0.3) is 0 Å². The van der Waals surface area contributed by atoms with Crippen LogP contribution in [0.2, 0.25) is 0 Å². The average Bonchev–Trinajstić information content (AvgIpc) is 3.03. The highest BCUT2D eigenvalue weighted by Crippen LogP contribution is 2.30. The molecule has 7 heteroatoms. The Labute approximate surface area is 155 Å². The third kappa shape index (κ3) is 3.94. The fourth-order valence-corrected chi connectivity index (χ4v) is 3.21. The third-order valence-electron chi connectivity index (χ3n) is 3.63. The first-order chi connectivity index (χ1) is 12.6. The summed E-state index contributed by atoms with van der Waals surface area (Å²) < 4.78 is 10.5. The Bertz CT molecular complexity index is 889. The number of nitrogens with one attached hydrogen (secondary N) is 1. The van der Waals surface area contributed by atoms with Crippen molar-refractivity contribution >= 4 is 33.8 Å². The van der Waals surface area contributed by atoms with Gasteiger partial charge in [0.15, 0.2) is 5.13 Å². The Morgan fingerprint density at radius 2 is 1.77 bits per heavy atom. The molecule has 0 aliphatic carbocycles. The number of methoxy groups -OCH3 is 1. The van der Waals surface area contributed by atoms with Crippen LogP contribution in [0.1, 0.15) is 22.2 Å². The number of nitrogen functional groups attached to an aromatic ring is 1. The van der Waals surface area contributed by atoms with E-state index in [1.165, 1.54) is 11.3 Å². The molecule has 0 unspecified atom stereocenters. The van der Waals surface area contributed by atoms with Gasteiger partial charge >= 0.3 is 0 Å². The van der Waals surface area contributed by atoms with Crippen molar-refractivity contribution in [1.29, 1.82) is 0 Å². The second-order valence-electron chi connectivity index (χ2n) is 5.37. The lowest BCUT2D eigenvalue weighted by Gasteiger charge is -2.04. The van der Waals surface area contributed by atoms with Crippen molar-refractivity contribution in [2.45, 2.75) is 6.92 Å². The predicted molar refractivity (Wildman–Crippen MR) is 104 cm³/mol. The second-order valence-corrected chi connectivity index (χ2v) is 6.37. The number of hydrogen-bond donors (Lipinski definition) is 2. The van der Waals surface area contributed by atoms with Crippen LogP contribution in [0, 0.1) is 0 Å². The minimum Gasteiger partial charge on any atom is -0.497 e. The number of nitrogens with two attached hydrogens (primary N) is 1. The molecular formula is C19H19N3O3S. The molecule has 0 radical (unpaired) electrons. The van der Waals surface area contributed by atoms with Gasteiger partial charge in [-0.15, -0.1) is 0 Å². The van der Waals surface area contributed by atoms with Crippen LogP contribution in [0.25, 0.3) is 0 Å². The van der Waals surface area contributed by atoms with Gasteiger partial charge in [-0.05, 0) is 55.5 Å². The summed E-state index contributed by atoms with van der Waals surface area (Å²) in [6.45, 7) is 2.49. The zero-order chi connectivity index (χ0) is 18.5.